The molecule has 1 aromatic heterocycles. The summed E-state index contributed by atoms with van der Waals surface area (Å²) in [6, 6.07) is 0.0548. The van der Waals surface area contributed by atoms with E-state index < -0.39 is 17.4 Å². The second-order valence-corrected chi connectivity index (χ2v) is 7.25. The van der Waals surface area contributed by atoms with Gasteiger partial charge in [-0.25, -0.2) is 9.18 Å². The lowest BCUT2D eigenvalue weighted by molar-refractivity contribution is 0.143. The summed E-state index contributed by atoms with van der Waals surface area (Å²) < 4.78 is 21.6. The number of rotatable bonds is 3. The molecule has 2 aromatic rings. The Morgan fingerprint density at radius 3 is 2.63 bits per heavy atom. The highest BCUT2D eigenvalue weighted by Crippen LogP contribution is 2.43. The van der Waals surface area contributed by atoms with Crippen molar-refractivity contribution in [1.82, 2.24) is 4.57 Å². The van der Waals surface area contributed by atoms with Gasteiger partial charge in [0.2, 0.25) is 5.43 Å². The maximum Gasteiger partial charge on any atom is 0.511 e. The molecular formula is C18H21FN4O4. The number of nitrogens with two attached hydrogens (primary N) is 2. The van der Waals surface area contributed by atoms with E-state index in [0.717, 1.165) is 19.3 Å². The van der Waals surface area contributed by atoms with Gasteiger partial charge in [0, 0.05) is 25.2 Å². The zero-order chi connectivity index (χ0) is 19.5. The minimum absolute atomic E-state index is 0.0390. The lowest BCUT2D eigenvalue weighted by atomic mass is 10.0. The molecule has 1 atom stereocenters. The van der Waals surface area contributed by atoms with Gasteiger partial charge in [0.1, 0.15) is 0 Å². The highest BCUT2D eigenvalue weighted by atomic mass is 19.1. The summed E-state index contributed by atoms with van der Waals surface area (Å²) in [4.78, 5) is 25.6. The summed E-state index contributed by atoms with van der Waals surface area (Å²) in [5, 5.41) is 8.87. The number of carbonyl (C=O) groups is 1. The minimum atomic E-state index is -1.60. The van der Waals surface area contributed by atoms with Crippen molar-refractivity contribution in [3.8, 4) is 5.75 Å². The molecule has 0 amide bonds. The van der Waals surface area contributed by atoms with E-state index in [0.29, 0.717) is 29.9 Å². The predicted octanol–water partition coefficient (Wildman–Crippen LogP) is 1.96. The molecule has 1 saturated carbocycles. The Kier molecular flexibility index (Phi) is 3.99. The average molecular weight is 376 g/mol. The van der Waals surface area contributed by atoms with Crippen molar-refractivity contribution in [2.75, 3.05) is 23.7 Å². The number of anilines is 2. The van der Waals surface area contributed by atoms with Crippen molar-refractivity contribution in [1.29, 1.82) is 0 Å². The van der Waals surface area contributed by atoms with E-state index in [2.05, 4.69) is 4.74 Å². The maximum atomic E-state index is 15.2. The monoisotopic (exact) mass is 376 g/mol. The smallest absolute Gasteiger partial charge is 0.449 e. The topological polar surface area (TPSA) is 124 Å². The van der Waals surface area contributed by atoms with Crippen LogP contribution in [0, 0.1) is 12.7 Å². The van der Waals surface area contributed by atoms with Crippen LogP contribution in [0.4, 0.5) is 20.6 Å². The first kappa shape index (κ1) is 17.6. The van der Waals surface area contributed by atoms with Crippen LogP contribution in [0.2, 0.25) is 0 Å². The largest absolute Gasteiger partial charge is 0.511 e. The Balaban J connectivity index is 2.04. The van der Waals surface area contributed by atoms with Crippen molar-refractivity contribution in [3.63, 3.8) is 0 Å². The van der Waals surface area contributed by atoms with Crippen LogP contribution in [0.3, 0.4) is 0 Å². The minimum Gasteiger partial charge on any atom is -0.449 e. The van der Waals surface area contributed by atoms with E-state index in [1.54, 1.807) is 11.5 Å². The maximum absolute atomic E-state index is 15.2. The molecule has 4 rings (SSSR count). The molecule has 5 N–H and O–H groups in total. The summed E-state index contributed by atoms with van der Waals surface area (Å²) in [5.74, 6) is -1.05. The Hall–Kier alpha value is -2.81. The molecule has 2 fully saturated rings. The van der Waals surface area contributed by atoms with Gasteiger partial charge in [0.05, 0.1) is 28.5 Å². The molecule has 0 spiro atoms. The molecule has 1 aliphatic heterocycles. The third-order valence-electron chi connectivity index (χ3n) is 5.30. The first-order valence-corrected chi connectivity index (χ1v) is 8.87. The van der Waals surface area contributed by atoms with Crippen LogP contribution >= 0.6 is 0 Å². The molecule has 1 unspecified atom stereocenters. The van der Waals surface area contributed by atoms with Gasteiger partial charge in [-0.2, -0.15) is 0 Å². The number of ether oxygens (including phenoxy) is 1. The number of pyridine rings is 1. The number of benzene rings is 1. The normalized spacial score (nSPS) is 19.7. The van der Waals surface area contributed by atoms with Crippen molar-refractivity contribution < 1.29 is 19.0 Å². The van der Waals surface area contributed by atoms with Crippen molar-refractivity contribution in [2.24, 2.45) is 5.73 Å². The molecule has 144 valence electrons. The van der Waals surface area contributed by atoms with Crippen LogP contribution in [0.15, 0.2) is 11.0 Å². The number of nitrogen functional groups attached to an aromatic ring is 1. The fraction of sp³-hybridized carbons (Fsp3) is 0.444. The summed E-state index contributed by atoms with van der Waals surface area (Å²) in [6.07, 6.45) is 2.29. The Morgan fingerprint density at radius 1 is 1.37 bits per heavy atom. The first-order valence-electron chi connectivity index (χ1n) is 8.87. The molecule has 1 saturated heterocycles. The summed E-state index contributed by atoms with van der Waals surface area (Å²) in [7, 11) is 0. The molecule has 9 heteroatoms. The predicted molar refractivity (Wildman–Crippen MR) is 99.0 cm³/mol. The summed E-state index contributed by atoms with van der Waals surface area (Å²) in [5.41, 5.74) is 12.5. The van der Waals surface area contributed by atoms with Crippen LogP contribution in [0.25, 0.3) is 10.9 Å². The highest BCUT2D eigenvalue weighted by molar-refractivity contribution is 5.98. The van der Waals surface area contributed by atoms with Gasteiger partial charge in [-0.1, -0.05) is 0 Å². The van der Waals surface area contributed by atoms with Gasteiger partial charge in [-0.3, -0.25) is 4.79 Å². The number of aryl methyl sites for hydroxylation is 1. The Morgan fingerprint density at radius 2 is 2.07 bits per heavy atom. The molecule has 8 nitrogen and oxygen atoms in total. The van der Waals surface area contributed by atoms with Crippen LogP contribution in [-0.4, -0.2) is 35.0 Å². The average Bonchev–Trinajstić information content (AvgIpc) is 3.36. The van der Waals surface area contributed by atoms with E-state index in [9.17, 15) is 9.59 Å². The van der Waals surface area contributed by atoms with E-state index in [4.69, 9.17) is 16.6 Å². The first-order chi connectivity index (χ1) is 12.8. The Labute approximate surface area is 154 Å². The van der Waals surface area contributed by atoms with Gasteiger partial charge < -0.3 is 30.8 Å². The molecule has 2 heterocycles. The fourth-order valence-electron chi connectivity index (χ4n) is 3.93. The summed E-state index contributed by atoms with van der Waals surface area (Å²) >= 11 is 0. The van der Waals surface area contributed by atoms with Crippen LogP contribution in [0.1, 0.15) is 30.9 Å². The van der Waals surface area contributed by atoms with Gasteiger partial charge in [-0.15, -0.1) is 0 Å². The SMILES string of the molecule is Cc1c(N2CCC(N)C2)c(F)c(N)c2c(=O)c(OC(=O)O)cn(C3CC3)c12. The molecular weight excluding hydrogens is 355 g/mol. The zero-order valence-electron chi connectivity index (χ0n) is 14.9. The van der Waals surface area contributed by atoms with Crippen molar-refractivity contribution in [2.45, 2.75) is 38.3 Å². The van der Waals surface area contributed by atoms with Gasteiger partial charge in [0.15, 0.2) is 11.6 Å². The number of hydrogen-bond donors (Lipinski definition) is 3. The van der Waals surface area contributed by atoms with E-state index in [1.807, 2.05) is 4.90 Å². The second-order valence-electron chi connectivity index (χ2n) is 7.25. The molecule has 1 aromatic carbocycles. The number of hydrogen-bond acceptors (Lipinski definition) is 6. The van der Waals surface area contributed by atoms with Gasteiger partial charge in [-0.05, 0) is 31.7 Å². The van der Waals surface area contributed by atoms with E-state index in [1.165, 1.54) is 6.20 Å². The molecule has 27 heavy (non-hydrogen) atoms. The van der Waals surface area contributed by atoms with Crippen molar-refractivity contribution >= 4 is 28.4 Å². The molecule has 2 aliphatic rings. The zero-order valence-corrected chi connectivity index (χ0v) is 14.9. The van der Waals surface area contributed by atoms with Gasteiger partial charge in [0.25, 0.3) is 0 Å². The Bertz CT molecular complexity index is 1020. The van der Waals surface area contributed by atoms with Crippen molar-refractivity contribution in [3.05, 3.63) is 27.8 Å². The third-order valence-corrected chi connectivity index (χ3v) is 5.30. The van der Waals surface area contributed by atoms with Crippen LogP contribution in [-0.2, 0) is 0 Å². The van der Waals surface area contributed by atoms with Crippen LogP contribution < -0.4 is 26.5 Å². The molecule has 1 aliphatic carbocycles. The number of nitrogens with zero attached hydrogens (tertiary/aromatic N) is 2. The molecule has 0 bridgehead atoms. The van der Waals surface area contributed by atoms with Gasteiger partial charge >= 0.3 is 6.16 Å². The van der Waals surface area contributed by atoms with Crippen LogP contribution in [0.5, 0.6) is 5.75 Å². The number of halogens is 1. The van der Waals surface area contributed by atoms with E-state index in [-0.39, 0.29) is 28.9 Å². The highest BCUT2D eigenvalue weighted by Gasteiger charge is 2.32. The second kappa shape index (κ2) is 6.12. The lowest BCUT2D eigenvalue weighted by Crippen LogP contribution is -2.28. The number of carboxylic acid groups (broad SMARTS) is 1. The molecule has 0 radical (unpaired) electrons. The number of aromatic nitrogens is 1. The standard InChI is InChI=1S/C18H21FN4O4/c1-8-15-12(14(21)13(19)16(8)22-5-4-9(20)6-22)17(24)11(27-18(25)26)7-23(15)10-2-3-10/h7,9-10H,2-6,20-21H2,1H3,(H,25,26). The summed E-state index contributed by atoms with van der Waals surface area (Å²) in [6.45, 7) is 2.87. The fourth-order valence-corrected chi connectivity index (χ4v) is 3.93. The van der Waals surface area contributed by atoms with E-state index >= 15 is 4.39 Å². The third kappa shape index (κ3) is 2.78. The quantitative estimate of drug-likeness (QED) is 0.552. The lowest BCUT2D eigenvalue weighted by Gasteiger charge is -2.25. The number of fused-ring (bicyclic) bond motifs is 1.